The summed E-state index contributed by atoms with van der Waals surface area (Å²) in [5, 5.41) is 4.04. The second kappa shape index (κ2) is 4.45. The van der Waals surface area contributed by atoms with Crippen molar-refractivity contribution in [3.8, 4) is 0 Å². The van der Waals surface area contributed by atoms with E-state index in [1.165, 1.54) is 5.56 Å². The fourth-order valence-electron chi connectivity index (χ4n) is 3.20. The molecular formula is C14H15ClN4O. The quantitative estimate of drug-likeness (QED) is 0.812. The zero-order chi connectivity index (χ0) is 13.7. The summed E-state index contributed by atoms with van der Waals surface area (Å²) in [6.07, 6.45) is 1.92. The molecule has 1 saturated heterocycles. The molecule has 20 heavy (non-hydrogen) atoms. The summed E-state index contributed by atoms with van der Waals surface area (Å²) < 4.78 is 5.09. The van der Waals surface area contributed by atoms with Crippen LogP contribution in [0, 0.1) is 18.8 Å². The molecule has 0 aromatic carbocycles. The summed E-state index contributed by atoms with van der Waals surface area (Å²) >= 11 is 5.69. The summed E-state index contributed by atoms with van der Waals surface area (Å²) in [6.45, 7) is 4.10. The highest BCUT2D eigenvalue weighted by Crippen LogP contribution is 2.57. The number of alkyl halides is 1. The van der Waals surface area contributed by atoms with Crippen LogP contribution >= 0.6 is 11.6 Å². The van der Waals surface area contributed by atoms with E-state index < -0.39 is 0 Å². The summed E-state index contributed by atoms with van der Waals surface area (Å²) in [4.78, 5) is 11.2. The highest BCUT2D eigenvalue weighted by molar-refractivity contribution is 6.16. The van der Waals surface area contributed by atoms with E-state index in [0.717, 1.165) is 24.7 Å². The maximum atomic E-state index is 5.69. The first-order valence-electron chi connectivity index (χ1n) is 6.82. The minimum Gasteiger partial charge on any atom is -0.356 e. The Morgan fingerprint density at radius 1 is 1.35 bits per heavy atom. The number of halogens is 1. The third-order valence-corrected chi connectivity index (χ3v) is 4.54. The monoisotopic (exact) mass is 290 g/mol. The molecule has 2 aliphatic rings. The number of aromatic nitrogens is 3. The maximum absolute atomic E-state index is 5.69. The first-order valence-corrected chi connectivity index (χ1v) is 7.36. The molecule has 1 saturated carbocycles. The van der Waals surface area contributed by atoms with E-state index in [-0.39, 0.29) is 5.88 Å². The number of nitrogens with zero attached hydrogens (tertiary/aromatic N) is 4. The van der Waals surface area contributed by atoms with E-state index in [2.05, 4.69) is 39.1 Å². The second-order valence-electron chi connectivity index (χ2n) is 5.63. The van der Waals surface area contributed by atoms with Crippen molar-refractivity contribution in [1.29, 1.82) is 0 Å². The maximum Gasteiger partial charge on any atom is 0.241 e. The van der Waals surface area contributed by atoms with Gasteiger partial charge in [0.25, 0.3) is 0 Å². The number of hydrogen-bond donors (Lipinski definition) is 0. The molecule has 0 N–H and O–H groups in total. The molecule has 1 aliphatic heterocycles. The molecule has 2 fully saturated rings. The van der Waals surface area contributed by atoms with Crippen LogP contribution in [-0.4, -0.2) is 28.2 Å². The normalized spacial score (nSPS) is 27.7. The molecule has 2 aromatic heterocycles. The first kappa shape index (κ1) is 12.1. The Kier molecular flexibility index (Phi) is 2.70. The first-order chi connectivity index (χ1) is 9.76. The smallest absolute Gasteiger partial charge is 0.241 e. The minimum absolute atomic E-state index is 0.286. The highest BCUT2D eigenvalue weighted by atomic mass is 35.5. The van der Waals surface area contributed by atoms with Crippen molar-refractivity contribution in [2.24, 2.45) is 11.8 Å². The average Bonchev–Trinajstić information content (AvgIpc) is 2.88. The molecule has 0 radical (unpaired) electrons. The van der Waals surface area contributed by atoms with Gasteiger partial charge in [0.2, 0.25) is 5.89 Å². The van der Waals surface area contributed by atoms with Crippen LogP contribution in [0.4, 0.5) is 5.82 Å². The van der Waals surface area contributed by atoms with Crippen LogP contribution in [0.15, 0.2) is 22.9 Å². The van der Waals surface area contributed by atoms with Gasteiger partial charge >= 0.3 is 0 Å². The fourth-order valence-corrected chi connectivity index (χ4v) is 3.31. The number of anilines is 1. The summed E-state index contributed by atoms with van der Waals surface area (Å²) in [7, 11) is 0. The van der Waals surface area contributed by atoms with Crippen molar-refractivity contribution in [3.05, 3.63) is 35.6 Å². The van der Waals surface area contributed by atoms with Crippen molar-refractivity contribution in [2.45, 2.75) is 18.7 Å². The Balaban J connectivity index is 1.44. The number of fused-ring (bicyclic) bond motifs is 1. The van der Waals surface area contributed by atoms with Crippen LogP contribution < -0.4 is 4.90 Å². The molecule has 6 heteroatoms. The standard InChI is InChI=1S/C14H15ClN4O/c1-8-2-3-11(16-5-8)19-6-9-10(7-19)13(9)14-17-12(4-15)20-18-14/h2-3,5,9-10,13H,4,6-7H2,1H3/t9-,10+,13-. The zero-order valence-corrected chi connectivity index (χ0v) is 11.9. The second-order valence-corrected chi connectivity index (χ2v) is 5.90. The van der Waals surface area contributed by atoms with Crippen molar-refractivity contribution in [2.75, 3.05) is 18.0 Å². The van der Waals surface area contributed by atoms with Gasteiger partial charge in [-0.3, -0.25) is 0 Å². The topological polar surface area (TPSA) is 55.1 Å². The van der Waals surface area contributed by atoms with Gasteiger partial charge in [0, 0.05) is 25.2 Å². The largest absolute Gasteiger partial charge is 0.356 e. The van der Waals surface area contributed by atoms with Gasteiger partial charge in [-0.05, 0) is 30.4 Å². The van der Waals surface area contributed by atoms with Crippen LogP contribution in [0.5, 0.6) is 0 Å². The Bertz CT molecular complexity index is 614. The highest BCUT2D eigenvalue weighted by Gasteiger charge is 2.58. The molecule has 104 valence electrons. The van der Waals surface area contributed by atoms with Crippen LogP contribution in [0.3, 0.4) is 0 Å². The van der Waals surface area contributed by atoms with Crippen LogP contribution in [0.2, 0.25) is 0 Å². The number of hydrogen-bond acceptors (Lipinski definition) is 5. The number of rotatable bonds is 3. The zero-order valence-electron chi connectivity index (χ0n) is 11.2. The number of pyridine rings is 1. The predicted octanol–water partition coefficient (Wildman–Crippen LogP) is 2.36. The number of aryl methyl sites for hydroxylation is 1. The van der Waals surface area contributed by atoms with Crippen molar-refractivity contribution in [1.82, 2.24) is 15.1 Å². The van der Waals surface area contributed by atoms with E-state index in [9.17, 15) is 0 Å². The van der Waals surface area contributed by atoms with Crippen molar-refractivity contribution >= 4 is 17.4 Å². The van der Waals surface area contributed by atoms with Gasteiger partial charge in [-0.1, -0.05) is 11.2 Å². The van der Waals surface area contributed by atoms with Gasteiger partial charge in [-0.15, -0.1) is 11.6 Å². The predicted molar refractivity (Wildman–Crippen MR) is 74.8 cm³/mol. The van der Waals surface area contributed by atoms with Crippen LogP contribution in [-0.2, 0) is 5.88 Å². The van der Waals surface area contributed by atoms with Crippen LogP contribution in [0.25, 0.3) is 0 Å². The molecule has 0 unspecified atom stereocenters. The Labute approximate surface area is 121 Å². The molecule has 5 nitrogen and oxygen atoms in total. The Hall–Kier alpha value is -1.62. The lowest BCUT2D eigenvalue weighted by Crippen LogP contribution is -2.24. The summed E-state index contributed by atoms with van der Waals surface area (Å²) in [5.74, 6) is 4.39. The lowest BCUT2D eigenvalue weighted by molar-refractivity contribution is 0.383. The number of piperidine rings is 1. The molecule has 3 heterocycles. The molecule has 1 aliphatic carbocycles. The molecule has 0 bridgehead atoms. The van der Waals surface area contributed by atoms with Gasteiger partial charge < -0.3 is 9.42 Å². The Morgan fingerprint density at radius 3 is 2.75 bits per heavy atom. The lowest BCUT2D eigenvalue weighted by Gasteiger charge is -2.20. The molecule has 4 rings (SSSR count). The third-order valence-electron chi connectivity index (χ3n) is 4.31. The Morgan fingerprint density at radius 2 is 2.15 bits per heavy atom. The fraction of sp³-hybridized carbons (Fsp3) is 0.500. The van der Waals surface area contributed by atoms with E-state index in [1.807, 2.05) is 6.20 Å². The van der Waals surface area contributed by atoms with Gasteiger partial charge in [0.1, 0.15) is 11.7 Å². The van der Waals surface area contributed by atoms with E-state index >= 15 is 0 Å². The van der Waals surface area contributed by atoms with E-state index in [1.54, 1.807) is 0 Å². The summed E-state index contributed by atoms with van der Waals surface area (Å²) in [5.41, 5.74) is 1.19. The van der Waals surface area contributed by atoms with Gasteiger partial charge in [-0.25, -0.2) is 4.98 Å². The van der Waals surface area contributed by atoms with E-state index in [0.29, 0.717) is 23.6 Å². The van der Waals surface area contributed by atoms with Crippen molar-refractivity contribution < 1.29 is 4.52 Å². The summed E-state index contributed by atoms with van der Waals surface area (Å²) in [6, 6.07) is 4.20. The average molecular weight is 291 g/mol. The van der Waals surface area contributed by atoms with Gasteiger partial charge in [0.05, 0.1) is 0 Å². The lowest BCUT2D eigenvalue weighted by atomic mass is 10.2. The molecule has 3 atom stereocenters. The molecule has 0 amide bonds. The third kappa shape index (κ3) is 1.88. The SMILES string of the molecule is Cc1ccc(N2C[C@@H]3[C@H](C2)[C@@H]3c2noc(CCl)n2)nc1. The minimum atomic E-state index is 0.286. The van der Waals surface area contributed by atoms with Gasteiger partial charge in [-0.2, -0.15) is 4.98 Å². The molecule has 2 aromatic rings. The molecular weight excluding hydrogens is 276 g/mol. The van der Waals surface area contributed by atoms with Crippen LogP contribution in [0.1, 0.15) is 23.2 Å². The molecule has 0 spiro atoms. The van der Waals surface area contributed by atoms with Crippen molar-refractivity contribution in [3.63, 3.8) is 0 Å². The van der Waals surface area contributed by atoms with Gasteiger partial charge in [0.15, 0.2) is 5.82 Å². The van der Waals surface area contributed by atoms with E-state index in [4.69, 9.17) is 16.1 Å².